The molecule has 0 fully saturated rings. The van der Waals surface area contributed by atoms with Crippen LogP contribution in [0.1, 0.15) is 12.5 Å². The van der Waals surface area contributed by atoms with Gasteiger partial charge in [0.15, 0.2) is 11.5 Å². The second-order valence-corrected chi connectivity index (χ2v) is 3.43. The van der Waals surface area contributed by atoms with E-state index >= 15 is 0 Å². The number of methoxy groups -OCH3 is 1. The van der Waals surface area contributed by atoms with Crippen molar-refractivity contribution in [1.29, 1.82) is 0 Å². The fraction of sp³-hybridized carbons (Fsp3) is 0.273. The summed E-state index contributed by atoms with van der Waals surface area (Å²) in [7, 11) is 1.16. The van der Waals surface area contributed by atoms with Crippen molar-refractivity contribution in [2.45, 2.75) is 6.92 Å². The van der Waals surface area contributed by atoms with Crippen molar-refractivity contribution in [3.63, 3.8) is 0 Å². The summed E-state index contributed by atoms with van der Waals surface area (Å²) >= 11 is 0. The van der Waals surface area contributed by atoms with E-state index in [-0.39, 0.29) is 29.4 Å². The summed E-state index contributed by atoms with van der Waals surface area (Å²) in [5.41, 5.74) is 1.75. The molecule has 1 rings (SSSR count). The van der Waals surface area contributed by atoms with E-state index in [1.165, 1.54) is 0 Å². The van der Waals surface area contributed by atoms with Crippen LogP contribution >= 0.6 is 0 Å². The number of hydrazone groups is 1. The lowest BCUT2D eigenvalue weighted by Gasteiger charge is -2.07. The Bertz CT molecular complexity index is 543. The zero-order valence-corrected chi connectivity index (χ0v) is 10.8. The van der Waals surface area contributed by atoms with Crippen LogP contribution in [-0.2, 0) is 4.74 Å². The van der Waals surface area contributed by atoms with E-state index in [1.54, 1.807) is 6.92 Å². The van der Waals surface area contributed by atoms with Gasteiger partial charge in [0.25, 0.3) is 5.69 Å². The van der Waals surface area contributed by atoms with Crippen LogP contribution in [0.3, 0.4) is 0 Å². The Balaban J connectivity index is 3.10. The Morgan fingerprint density at radius 2 is 2.30 bits per heavy atom. The van der Waals surface area contributed by atoms with Gasteiger partial charge in [-0.15, -0.1) is 0 Å². The van der Waals surface area contributed by atoms with Gasteiger partial charge in [-0.1, -0.05) is 0 Å². The molecule has 9 nitrogen and oxygen atoms in total. The zero-order chi connectivity index (χ0) is 15.1. The van der Waals surface area contributed by atoms with Crippen LogP contribution in [0, 0.1) is 10.1 Å². The van der Waals surface area contributed by atoms with Crippen molar-refractivity contribution in [2.24, 2.45) is 5.10 Å². The summed E-state index contributed by atoms with van der Waals surface area (Å²) in [5, 5.41) is 24.1. The Morgan fingerprint density at radius 3 is 2.85 bits per heavy atom. The number of nitro benzene ring substituents is 1. The molecule has 0 saturated heterocycles. The third-order valence-electron chi connectivity index (χ3n) is 2.14. The molecule has 0 spiro atoms. The molecule has 0 heterocycles. The predicted molar refractivity (Wildman–Crippen MR) is 69.1 cm³/mol. The molecule has 9 heteroatoms. The molecule has 0 saturated carbocycles. The minimum Gasteiger partial charge on any atom is -0.504 e. The number of hydrogen-bond acceptors (Lipinski definition) is 7. The maximum absolute atomic E-state index is 10.8. The van der Waals surface area contributed by atoms with Crippen LogP contribution in [0.5, 0.6) is 11.5 Å². The number of nitrogens with zero attached hydrogens (tertiary/aromatic N) is 2. The molecule has 0 bridgehead atoms. The summed E-state index contributed by atoms with van der Waals surface area (Å²) in [5.74, 6) is -0.353. The molecular weight excluding hydrogens is 270 g/mol. The molecule has 1 aromatic rings. The minimum atomic E-state index is -0.809. The van der Waals surface area contributed by atoms with Gasteiger partial charge in [-0.05, 0) is 6.92 Å². The van der Waals surface area contributed by atoms with E-state index in [2.05, 4.69) is 9.84 Å². The number of phenols is 1. The van der Waals surface area contributed by atoms with Crippen molar-refractivity contribution in [1.82, 2.24) is 5.43 Å². The van der Waals surface area contributed by atoms with Crippen molar-refractivity contribution in [3.05, 3.63) is 27.8 Å². The summed E-state index contributed by atoms with van der Waals surface area (Å²) < 4.78 is 9.37. The summed E-state index contributed by atoms with van der Waals surface area (Å²) in [4.78, 5) is 20.9. The number of ether oxygens (including phenoxy) is 2. The molecule has 2 N–H and O–H groups in total. The predicted octanol–water partition coefficient (Wildman–Crippen LogP) is 1.39. The highest BCUT2D eigenvalue weighted by atomic mass is 16.6. The highest BCUT2D eigenvalue weighted by Gasteiger charge is 2.16. The van der Waals surface area contributed by atoms with E-state index in [0.717, 1.165) is 25.5 Å². The number of nitrogens with one attached hydrogen (secondary N) is 1. The fourth-order valence-electron chi connectivity index (χ4n) is 1.28. The molecule has 108 valence electrons. The Hall–Kier alpha value is -2.84. The molecular formula is C11H13N3O6. The van der Waals surface area contributed by atoms with Gasteiger partial charge in [0.05, 0.1) is 30.9 Å². The first-order valence-corrected chi connectivity index (χ1v) is 5.50. The molecule has 0 aliphatic carbocycles. The van der Waals surface area contributed by atoms with Crippen LogP contribution in [0.4, 0.5) is 10.5 Å². The number of aromatic hydroxyl groups is 1. The Labute approximate surface area is 114 Å². The topological polar surface area (TPSA) is 123 Å². The Kier molecular flexibility index (Phi) is 5.27. The first kappa shape index (κ1) is 15.2. The quantitative estimate of drug-likeness (QED) is 0.478. The monoisotopic (exact) mass is 283 g/mol. The second kappa shape index (κ2) is 6.92. The van der Waals surface area contributed by atoms with Gasteiger partial charge in [0, 0.05) is 11.6 Å². The van der Waals surface area contributed by atoms with Crippen LogP contribution < -0.4 is 10.2 Å². The molecule has 1 aromatic carbocycles. The normalized spacial score (nSPS) is 10.3. The maximum Gasteiger partial charge on any atom is 0.427 e. The van der Waals surface area contributed by atoms with Gasteiger partial charge in [0.2, 0.25) is 0 Å². The SMILES string of the molecule is CCOc1cc([N+](=O)[O-])cc(/C=N/NC(=O)OC)c1O. The Morgan fingerprint density at radius 1 is 1.60 bits per heavy atom. The third kappa shape index (κ3) is 3.83. The van der Waals surface area contributed by atoms with Crippen LogP contribution in [0.25, 0.3) is 0 Å². The highest BCUT2D eigenvalue weighted by Crippen LogP contribution is 2.33. The lowest BCUT2D eigenvalue weighted by molar-refractivity contribution is -0.385. The van der Waals surface area contributed by atoms with Gasteiger partial charge < -0.3 is 14.6 Å². The van der Waals surface area contributed by atoms with Gasteiger partial charge in [-0.25, -0.2) is 10.2 Å². The molecule has 0 aliphatic heterocycles. The van der Waals surface area contributed by atoms with Gasteiger partial charge in [-0.2, -0.15) is 5.10 Å². The van der Waals surface area contributed by atoms with Crippen LogP contribution in [0.2, 0.25) is 0 Å². The average Bonchev–Trinajstić information content (AvgIpc) is 2.42. The minimum absolute atomic E-state index is 0.0269. The van der Waals surface area contributed by atoms with E-state index in [4.69, 9.17) is 4.74 Å². The summed E-state index contributed by atoms with van der Waals surface area (Å²) in [6.45, 7) is 1.90. The molecule has 0 unspecified atom stereocenters. The molecule has 0 aromatic heterocycles. The first-order valence-electron chi connectivity index (χ1n) is 5.50. The largest absolute Gasteiger partial charge is 0.504 e. The number of rotatable bonds is 5. The molecule has 0 atom stereocenters. The van der Waals surface area contributed by atoms with E-state index < -0.39 is 11.0 Å². The number of carbonyl (C=O) groups is 1. The highest BCUT2D eigenvalue weighted by molar-refractivity contribution is 5.86. The number of nitro groups is 1. The summed E-state index contributed by atoms with van der Waals surface area (Å²) in [6, 6.07) is 2.20. The van der Waals surface area contributed by atoms with E-state index in [1.807, 2.05) is 5.43 Å². The van der Waals surface area contributed by atoms with Crippen molar-refractivity contribution < 1.29 is 24.3 Å². The van der Waals surface area contributed by atoms with Crippen molar-refractivity contribution >= 4 is 18.0 Å². The lowest BCUT2D eigenvalue weighted by Crippen LogP contribution is -2.16. The fourth-order valence-corrected chi connectivity index (χ4v) is 1.28. The number of carbonyl (C=O) groups excluding carboxylic acids is 1. The number of phenolic OH excluding ortho intramolecular Hbond substituents is 1. The standard InChI is InChI=1S/C11H13N3O6/c1-3-20-9-5-8(14(17)18)4-7(10(9)15)6-12-13-11(16)19-2/h4-6,15H,3H2,1-2H3,(H,13,16)/b12-6+. The maximum atomic E-state index is 10.8. The molecule has 0 aliphatic rings. The number of amides is 1. The lowest BCUT2D eigenvalue weighted by atomic mass is 10.1. The first-order chi connectivity index (χ1) is 9.49. The number of benzene rings is 1. The average molecular weight is 283 g/mol. The van der Waals surface area contributed by atoms with Crippen LogP contribution in [0.15, 0.2) is 17.2 Å². The zero-order valence-electron chi connectivity index (χ0n) is 10.8. The van der Waals surface area contributed by atoms with Crippen molar-refractivity contribution in [3.8, 4) is 11.5 Å². The summed E-state index contributed by atoms with van der Waals surface area (Å²) in [6.07, 6.45) is 0.234. The second-order valence-electron chi connectivity index (χ2n) is 3.43. The van der Waals surface area contributed by atoms with E-state index in [9.17, 15) is 20.0 Å². The van der Waals surface area contributed by atoms with E-state index in [0.29, 0.717) is 0 Å². The van der Waals surface area contributed by atoms with Gasteiger partial charge in [-0.3, -0.25) is 10.1 Å². The molecule has 20 heavy (non-hydrogen) atoms. The number of hydrogen-bond donors (Lipinski definition) is 2. The third-order valence-corrected chi connectivity index (χ3v) is 2.14. The molecule has 1 amide bonds. The smallest absolute Gasteiger partial charge is 0.427 e. The van der Waals surface area contributed by atoms with Crippen molar-refractivity contribution in [2.75, 3.05) is 13.7 Å². The van der Waals surface area contributed by atoms with Gasteiger partial charge >= 0.3 is 6.09 Å². The molecule has 0 radical (unpaired) electrons. The number of non-ortho nitro benzene ring substituents is 1. The van der Waals surface area contributed by atoms with Gasteiger partial charge in [0.1, 0.15) is 0 Å². The van der Waals surface area contributed by atoms with Crippen LogP contribution in [-0.4, -0.2) is 36.1 Å².